The smallest absolute Gasteiger partial charge is 0.744 e. The third kappa shape index (κ3) is 12.8. The van der Waals surface area contributed by atoms with E-state index in [0.717, 1.165) is 0 Å². The third-order valence-electron chi connectivity index (χ3n) is 4.04. The van der Waals surface area contributed by atoms with Crippen molar-refractivity contribution in [1.82, 2.24) is 0 Å². The van der Waals surface area contributed by atoms with Crippen LogP contribution >= 0.6 is 0 Å². The van der Waals surface area contributed by atoms with Crippen molar-refractivity contribution in [2.45, 2.75) is 14.7 Å². The van der Waals surface area contributed by atoms with Crippen LogP contribution in [0.3, 0.4) is 0 Å². The van der Waals surface area contributed by atoms with Crippen molar-refractivity contribution in [3.8, 4) is 17.2 Å². The van der Waals surface area contributed by atoms with Gasteiger partial charge < -0.3 is 27.9 Å². The van der Waals surface area contributed by atoms with E-state index in [1.165, 1.54) is 94.1 Å². The second kappa shape index (κ2) is 15.3. The Morgan fingerprint density at radius 2 is 0.595 bits per heavy atom. The van der Waals surface area contributed by atoms with Crippen LogP contribution < -0.4 is 14.2 Å². The van der Waals surface area contributed by atoms with E-state index in [1.807, 2.05) is 0 Å². The fourth-order valence-corrected chi connectivity index (χ4v) is 3.64. The summed E-state index contributed by atoms with van der Waals surface area (Å²) < 4.78 is 108. The second-order valence-corrected chi connectivity index (χ2v) is 10.5. The standard InChI is InChI=1S/3C7H8O4S.Y/c3*1-11-6-2-4-7(5-3-6)12(8,9)10;/h3*2-5H,1H3,(H,8,9,10);/q;;;+3/p-3. The van der Waals surface area contributed by atoms with Crippen LogP contribution in [-0.4, -0.2) is 60.2 Å². The van der Waals surface area contributed by atoms with Gasteiger partial charge in [0.25, 0.3) is 0 Å². The molecule has 0 atom stereocenters. The van der Waals surface area contributed by atoms with Crippen molar-refractivity contribution in [2.75, 3.05) is 21.3 Å². The van der Waals surface area contributed by atoms with Crippen molar-refractivity contribution >= 4 is 30.4 Å². The molecule has 0 amide bonds. The summed E-state index contributed by atoms with van der Waals surface area (Å²) in [7, 11) is -8.62. The first-order chi connectivity index (χ1) is 16.6. The van der Waals surface area contributed by atoms with Crippen LogP contribution in [0.5, 0.6) is 17.2 Å². The van der Waals surface area contributed by atoms with Gasteiger partial charge in [-0.15, -0.1) is 0 Å². The van der Waals surface area contributed by atoms with Crippen molar-refractivity contribution in [3.63, 3.8) is 0 Å². The topological polar surface area (TPSA) is 199 Å². The van der Waals surface area contributed by atoms with Gasteiger partial charge in [0.1, 0.15) is 47.6 Å². The molecule has 0 fully saturated rings. The van der Waals surface area contributed by atoms with Crippen LogP contribution in [0.1, 0.15) is 0 Å². The van der Waals surface area contributed by atoms with E-state index in [1.54, 1.807) is 0 Å². The largest absolute Gasteiger partial charge is 3.00 e. The molecule has 0 radical (unpaired) electrons. The Morgan fingerprint density at radius 3 is 0.703 bits per heavy atom. The van der Waals surface area contributed by atoms with Crippen molar-refractivity contribution in [3.05, 3.63) is 72.8 Å². The molecule has 0 unspecified atom stereocenters. The van der Waals surface area contributed by atoms with E-state index in [0.29, 0.717) is 17.2 Å². The summed E-state index contributed by atoms with van der Waals surface area (Å²) >= 11 is 0. The molecule has 0 aliphatic rings. The molecule has 3 aromatic carbocycles. The Morgan fingerprint density at radius 1 is 0.432 bits per heavy atom. The molecule has 3 rings (SSSR count). The van der Waals surface area contributed by atoms with E-state index >= 15 is 0 Å². The molecule has 0 spiro atoms. The van der Waals surface area contributed by atoms with Crippen molar-refractivity contribution in [2.24, 2.45) is 0 Å². The molecule has 198 valence electrons. The van der Waals surface area contributed by atoms with Crippen LogP contribution in [0.25, 0.3) is 0 Å². The minimum absolute atomic E-state index is 0. The maximum atomic E-state index is 10.4. The summed E-state index contributed by atoms with van der Waals surface area (Å²) in [6, 6.07) is 15.8. The van der Waals surface area contributed by atoms with Crippen LogP contribution in [-0.2, 0) is 63.1 Å². The molecule has 0 bridgehead atoms. The molecule has 0 aliphatic heterocycles. The Labute approximate surface area is 240 Å². The number of ether oxygens (including phenoxy) is 3. The summed E-state index contributed by atoms with van der Waals surface area (Å²) in [6.07, 6.45) is 0. The number of methoxy groups -OCH3 is 3. The van der Waals surface area contributed by atoms with Gasteiger partial charge in [-0.2, -0.15) is 0 Å². The van der Waals surface area contributed by atoms with Crippen molar-refractivity contribution in [1.29, 1.82) is 0 Å². The van der Waals surface area contributed by atoms with Gasteiger partial charge in [-0.25, -0.2) is 25.3 Å². The molecule has 0 saturated heterocycles. The van der Waals surface area contributed by atoms with Crippen LogP contribution in [0.2, 0.25) is 0 Å². The Bertz CT molecular complexity index is 1240. The molecule has 0 heterocycles. The maximum absolute atomic E-state index is 10.4. The molecule has 0 saturated carbocycles. The molecule has 3 aromatic rings. The van der Waals surface area contributed by atoms with Gasteiger partial charge in [0.15, 0.2) is 0 Å². The molecule has 37 heavy (non-hydrogen) atoms. The first kappa shape index (κ1) is 34.9. The number of benzene rings is 3. The molecule has 16 heteroatoms. The molecule has 12 nitrogen and oxygen atoms in total. The van der Waals surface area contributed by atoms with Gasteiger partial charge in [0, 0.05) is 0 Å². The quantitative estimate of drug-likeness (QED) is 0.351. The van der Waals surface area contributed by atoms with E-state index in [4.69, 9.17) is 14.2 Å². The Kier molecular flexibility index (Phi) is 14.5. The zero-order valence-electron chi connectivity index (χ0n) is 19.6. The third-order valence-corrected chi connectivity index (χ3v) is 6.59. The van der Waals surface area contributed by atoms with Crippen molar-refractivity contribution < 1.29 is 85.8 Å². The zero-order valence-corrected chi connectivity index (χ0v) is 24.9. The number of hydrogen-bond acceptors (Lipinski definition) is 12. The summed E-state index contributed by atoms with van der Waals surface area (Å²) in [4.78, 5) is -0.741. The molecule has 0 N–H and O–H groups in total. The van der Waals surface area contributed by atoms with Gasteiger partial charge in [-0.3, -0.25) is 0 Å². The van der Waals surface area contributed by atoms with E-state index in [-0.39, 0.29) is 47.4 Å². The van der Waals surface area contributed by atoms with Gasteiger partial charge in [-0.1, -0.05) is 0 Å². The number of rotatable bonds is 6. The fourth-order valence-electron chi connectivity index (χ4n) is 2.23. The van der Waals surface area contributed by atoms with E-state index in [9.17, 15) is 38.9 Å². The fraction of sp³-hybridized carbons (Fsp3) is 0.143. The molecule has 0 aliphatic carbocycles. The van der Waals surface area contributed by atoms with E-state index in [2.05, 4.69) is 0 Å². The average Bonchev–Trinajstić information content (AvgIpc) is 2.83. The summed E-state index contributed by atoms with van der Waals surface area (Å²) in [5, 5.41) is 0. The van der Waals surface area contributed by atoms with Gasteiger partial charge >= 0.3 is 32.7 Å². The first-order valence-corrected chi connectivity index (χ1v) is 13.6. The minimum atomic E-state index is -4.33. The minimum Gasteiger partial charge on any atom is -0.744 e. The predicted molar refractivity (Wildman–Crippen MR) is 123 cm³/mol. The van der Waals surface area contributed by atoms with E-state index < -0.39 is 30.4 Å². The number of hydrogen-bond donors (Lipinski definition) is 0. The Balaban J connectivity index is 0.000000518. The summed E-state index contributed by atoms with van der Waals surface area (Å²) in [6.45, 7) is 0. The van der Waals surface area contributed by atoms with Crippen LogP contribution in [0.4, 0.5) is 0 Å². The molecule has 0 aromatic heterocycles. The Hall–Kier alpha value is -2.11. The maximum Gasteiger partial charge on any atom is 3.00 e. The SMILES string of the molecule is COc1ccc(S(=O)(=O)[O-])cc1.COc1ccc(S(=O)(=O)[O-])cc1.COc1ccc(S(=O)(=O)[O-])cc1.[Y+3]. The normalized spacial score (nSPS) is 10.9. The van der Waals surface area contributed by atoms with Crippen LogP contribution in [0, 0.1) is 0 Å². The van der Waals surface area contributed by atoms with Gasteiger partial charge in [-0.05, 0) is 72.8 Å². The average molecular weight is 650 g/mol. The predicted octanol–water partition coefficient (Wildman–Crippen LogP) is 1.80. The second-order valence-electron chi connectivity index (χ2n) is 6.39. The zero-order chi connectivity index (χ0) is 27.6. The first-order valence-electron chi connectivity index (χ1n) is 9.41. The molecular formula is C21H21O12S3Y. The monoisotopic (exact) mass is 650 g/mol. The van der Waals surface area contributed by atoms with Crippen LogP contribution in [0.15, 0.2) is 87.5 Å². The summed E-state index contributed by atoms with van der Waals surface area (Å²) in [5.41, 5.74) is 0. The summed E-state index contributed by atoms with van der Waals surface area (Å²) in [5.74, 6) is 1.55. The molecular weight excluding hydrogens is 629 g/mol. The van der Waals surface area contributed by atoms with Gasteiger partial charge in [0.2, 0.25) is 0 Å². The van der Waals surface area contributed by atoms with Gasteiger partial charge in [0.05, 0.1) is 36.0 Å².